The summed E-state index contributed by atoms with van der Waals surface area (Å²) in [6, 6.07) is 15.9. The van der Waals surface area contributed by atoms with Crippen LogP contribution in [0.3, 0.4) is 0 Å². The first-order valence-electron chi connectivity index (χ1n) is 11.5. The Morgan fingerprint density at radius 3 is 2.69 bits per heavy atom. The molecule has 1 N–H and O–H groups in total. The summed E-state index contributed by atoms with van der Waals surface area (Å²) >= 11 is 0. The van der Waals surface area contributed by atoms with Crippen molar-refractivity contribution < 1.29 is 24.2 Å². The minimum Gasteiger partial charge on any atom is -0.478 e. The Bertz CT molecular complexity index is 1300. The lowest BCUT2D eigenvalue weighted by Crippen LogP contribution is -2.48. The predicted molar refractivity (Wildman–Crippen MR) is 135 cm³/mol. The molecule has 0 radical (unpaired) electrons. The third-order valence-corrected chi connectivity index (χ3v) is 5.66. The number of aromatic nitrogens is 1. The molecule has 0 spiro atoms. The second kappa shape index (κ2) is 10.5. The number of carboxylic acid groups (broad SMARTS) is 1. The monoisotopic (exact) mass is 473 g/mol. The predicted octanol–water partition coefficient (Wildman–Crippen LogP) is 4.14. The van der Waals surface area contributed by atoms with Gasteiger partial charge in [0.05, 0.1) is 34.3 Å². The van der Waals surface area contributed by atoms with Crippen molar-refractivity contribution in [1.82, 2.24) is 4.98 Å². The number of ether oxygens (including phenoxy) is 1. The van der Waals surface area contributed by atoms with Gasteiger partial charge in [-0.15, -0.1) is 0 Å². The van der Waals surface area contributed by atoms with Crippen molar-refractivity contribution in [3.8, 4) is 0 Å². The molecule has 1 aliphatic rings. The third-order valence-electron chi connectivity index (χ3n) is 5.66. The van der Waals surface area contributed by atoms with E-state index in [4.69, 9.17) is 4.74 Å². The number of hydrogen-bond donors (Lipinski definition) is 1. The highest BCUT2D eigenvalue weighted by Crippen LogP contribution is 2.35. The van der Waals surface area contributed by atoms with E-state index in [-0.39, 0.29) is 24.1 Å². The van der Waals surface area contributed by atoms with Crippen LogP contribution in [0.1, 0.15) is 36.3 Å². The largest absolute Gasteiger partial charge is 0.478 e. The van der Waals surface area contributed by atoms with E-state index in [9.17, 15) is 19.5 Å². The number of aromatic carboxylic acids is 1. The van der Waals surface area contributed by atoms with E-state index >= 15 is 0 Å². The van der Waals surface area contributed by atoms with Crippen LogP contribution in [0.25, 0.3) is 17.0 Å². The molecule has 8 heteroatoms. The van der Waals surface area contributed by atoms with Crippen LogP contribution in [-0.4, -0.2) is 53.7 Å². The quantitative estimate of drug-likeness (QED) is 0.390. The van der Waals surface area contributed by atoms with E-state index in [2.05, 4.69) is 4.98 Å². The molecule has 1 aromatic heterocycles. The fourth-order valence-electron chi connectivity index (χ4n) is 3.95. The summed E-state index contributed by atoms with van der Waals surface area (Å²) in [5.74, 6) is -1.78. The lowest BCUT2D eigenvalue weighted by molar-refractivity contribution is -0.120. The second-order valence-electron chi connectivity index (χ2n) is 8.51. The van der Waals surface area contributed by atoms with Crippen molar-refractivity contribution in [1.29, 1.82) is 0 Å². The number of para-hydroxylation sites is 1. The van der Waals surface area contributed by atoms with Gasteiger partial charge >= 0.3 is 5.97 Å². The summed E-state index contributed by atoms with van der Waals surface area (Å²) < 4.78 is 5.57. The van der Waals surface area contributed by atoms with Gasteiger partial charge in [-0.3, -0.25) is 14.5 Å². The molecule has 2 aromatic carbocycles. The fourth-order valence-corrected chi connectivity index (χ4v) is 3.95. The first-order valence-corrected chi connectivity index (χ1v) is 11.5. The lowest BCUT2D eigenvalue weighted by atomic mass is 10.1. The SMILES string of the molecule is CC(C)OCCCN1C(=O)CN(C(=O)/C=C/c2ccc3ccccc3n2)c2cc(C(=O)O)ccc21. The zero-order chi connectivity index (χ0) is 24.9. The number of anilines is 2. The van der Waals surface area contributed by atoms with Gasteiger partial charge in [0.2, 0.25) is 5.91 Å². The number of fused-ring (bicyclic) bond motifs is 2. The zero-order valence-electron chi connectivity index (χ0n) is 19.7. The van der Waals surface area contributed by atoms with Gasteiger partial charge in [0.25, 0.3) is 5.91 Å². The first kappa shape index (κ1) is 24.1. The normalized spacial score (nSPS) is 13.6. The average Bonchev–Trinajstić information content (AvgIpc) is 2.85. The van der Waals surface area contributed by atoms with Gasteiger partial charge < -0.3 is 14.7 Å². The topological polar surface area (TPSA) is 100 Å². The number of pyridine rings is 1. The lowest BCUT2D eigenvalue weighted by Gasteiger charge is -2.36. The second-order valence-corrected chi connectivity index (χ2v) is 8.51. The van der Waals surface area contributed by atoms with Crippen LogP contribution in [0, 0.1) is 0 Å². The van der Waals surface area contributed by atoms with Crippen molar-refractivity contribution in [2.24, 2.45) is 0 Å². The Morgan fingerprint density at radius 1 is 1.11 bits per heavy atom. The molecule has 0 saturated heterocycles. The Labute approximate surface area is 203 Å². The van der Waals surface area contributed by atoms with Gasteiger partial charge in [0.15, 0.2) is 0 Å². The van der Waals surface area contributed by atoms with E-state index in [1.54, 1.807) is 17.0 Å². The van der Waals surface area contributed by atoms with E-state index < -0.39 is 11.9 Å². The van der Waals surface area contributed by atoms with E-state index in [1.165, 1.54) is 23.1 Å². The molecular formula is C27H27N3O5. The summed E-state index contributed by atoms with van der Waals surface area (Å²) in [5.41, 5.74) is 2.34. The molecule has 35 heavy (non-hydrogen) atoms. The number of carbonyl (C=O) groups excluding carboxylic acids is 2. The molecule has 1 aliphatic heterocycles. The standard InChI is InChI=1S/C27H27N3O5/c1-18(2)35-15-5-14-29-23-12-9-20(27(33)34)16-24(23)30(17-26(29)32)25(31)13-11-21-10-8-19-6-3-4-7-22(19)28-21/h3-4,6-13,16,18H,5,14-15,17H2,1-2H3,(H,33,34)/b13-11+. The Morgan fingerprint density at radius 2 is 1.91 bits per heavy atom. The first-order chi connectivity index (χ1) is 16.8. The average molecular weight is 474 g/mol. The van der Waals surface area contributed by atoms with Crippen LogP contribution in [0.2, 0.25) is 0 Å². The fraction of sp³-hybridized carbons (Fsp3) is 0.259. The molecule has 3 aromatic rings. The van der Waals surface area contributed by atoms with E-state index in [0.717, 1.165) is 10.9 Å². The zero-order valence-corrected chi connectivity index (χ0v) is 19.7. The number of amides is 2. The van der Waals surface area contributed by atoms with Gasteiger partial charge in [-0.2, -0.15) is 0 Å². The number of carboxylic acids is 1. The van der Waals surface area contributed by atoms with Crippen molar-refractivity contribution >= 4 is 46.1 Å². The van der Waals surface area contributed by atoms with Gasteiger partial charge in [0, 0.05) is 24.6 Å². The van der Waals surface area contributed by atoms with Crippen LogP contribution in [-0.2, 0) is 14.3 Å². The van der Waals surface area contributed by atoms with Crippen LogP contribution < -0.4 is 9.80 Å². The molecule has 4 rings (SSSR count). The van der Waals surface area contributed by atoms with Crippen molar-refractivity contribution in [3.63, 3.8) is 0 Å². The van der Waals surface area contributed by atoms with Crippen molar-refractivity contribution in [2.45, 2.75) is 26.4 Å². The maximum atomic E-state index is 13.1. The number of hydrogen-bond acceptors (Lipinski definition) is 5. The molecule has 180 valence electrons. The molecule has 0 unspecified atom stereocenters. The highest BCUT2D eigenvalue weighted by molar-refractivity contribution is 6.15. The highest BCUT2D eigenvalue weighted by Gasteiger charge is 2.32. The molecule has 0 saturated carbocycles. The summed E-state index contributed by atoms with van der Waals surface area (Å²) in [7, 11) is 0. The van der Waals surface area contributed by atoms with E-state index in [1.807, 2.05) is 50.2 Å². The number of nitrogens with zero attached hydrogens (tertiary/aromatic N) is 3. The third kappa shape index (κ3) is 5.55. The van der Waals surface area contributed by atoms with Gasteiger partial charge in [-0.05, 0) is 56.7 Å². The minimum atomic E-state index is -1.11. The smallest absolute Gasteiger partial charge is 0.335 e. The Kier molecular flexibility index (Phi) is 7.22. The molecule has 0 aliphatic carbocycles. The number of benzene rings is 2. The maximum absolute atomic E-state index is 13.1. The summed E-state index contributed by atoms with van der Waals surface area (Å²) in [6.07, 6.45) is 3.66. The van der Waals surface area contributed by atoms with Crippen LogP contribution in [0.5, 0.6) is 0 Å². The highest BCUT2D eigenvalue weighted by atomic mass is 16.5. The van der Waals surface area contributed by atoms with Crippen molar-refractivity contribution in [2.75, 3.05) is 29.5 Å². The van der Waals surface area contributed by atoms with Gasteiger partial charge in [0.1, 0.15) is 6.54 Å². The van der Waals surface area contributed by atoms with Crippen LogP contribution in [0.15, 0.2) is 60.7 Å². The summed E-state index contributed by atoms with van der Waals surface area (Å²) in [6.45, 7) is 4.60. The van der Waals surface area contributed by atoms with Crippen molar-refractivity contribution in [3.05, 3.63) is 71.9 Å². The summed E-state index contributed by atoms with van der Waals surface area (Å²) in [4.78, 5) is 45.1. The van der Waals surface area contributed by atoms with Gasteiger partial charge in [-0.25, -0.2) is 9.78 Å². The maximum Gasteiger partial charge on any atom is 0.335 e. The molecule has 2 amide bonds. The molecule has 0 bridgehead atoms. The Hall–Kier alpha value is -4.04. The van der Waals surface area contributed by atoms with Crippen LogP contribution in [0.4, 0.5) is 11.4 Å². The number of carbonyl (C=O) groups is 3. The molecule has 2 heterocycles. The van der Waals surface area contributed by atoms with E-state index in [0.29, 0.717) is 36.6 Å². The Balaban J connectivity index is 1.59. The molecule has 0 fully saturated rings. The van der Waals surface area contributed by atoms with Gasteiger partial charge in [-0.1, -0.05) is 24.3 Å². The minimum absolute atomic E-state index is 0.0409. The molecule has 8 nitrogen and oxygen atoms in total. The summed E-state index contributed by atoms with van der Waals surface area (Å²) in [5, 5.41) is 10.5. The number of rotatable bonds is 8. The van der Waals surface area contributed by atoms with Crippen LogP contribution >= 0.6 is 0 Å². The molecule has 0 atom stereocenters. The molecular weight excluding hydrogens is 446 g/mol.